The van der Waals surface area contributed by atoms with Gasteiger partial charge in [-0.3, -0.25) is 4.79 Å². The standard InChI is InChI=1S/C8H12O3/c1-6(5-8(9)10)7-3-2-4-11-7/h7H,1-5H2,(H,9,10). The molecule has 0 bridgehead atoms. The van der Waals surface area contributed by atoms with Crippen molar-refractivity contribution in [3.05, 3.63) is 12.2 Å². The second kappa shape index (κ2) is 3.53. The molecule has 0 aromatic carbocycles. The Morgan fingerprint density at radius 3 is 2.91 bits per heavy atom. The van der Waals surface area contributed by atoms with Crippen LogP contribution in [0.1, 0.15) is 19.3 Å². The van der Waals surface area contributed by atoms with E-state index in [0.717, 1.165) is 19.4 Å². The minimum Gasteiger partial charge on any atom is -0.481 e. The Labute approximate surface area is 65.7 Å². The van der Waals surface area contributed by atoms with Crippen molar-refractivity contribution in [3.8, 4) is 0 Å². The van der Waals surface area contributed by atoms with Crippen LogP contribution in [0.15, 0.2) is 12.2 Å². The van der Waals surface area contributed by atoms with E-state index in [9.17, 15) is 4.79 Å². The lowest BCUT2D eigenvalue weighted by Crippen LogP contribution is -2.11. The molecule has 0 aromatic heterocycles. The quantitative estimate of drug-likeness (QED) is 0.624. The molecule has 62 valence electrons. The van der Waals surface area contributed by atoms with E-state index >= 15 is 0 Å². The fourth-order valence-electron chi connectivity index (χ4n) is 1.21. The molecule has 1 saturated heterocycles. The first-order chi connectivity index (χ1) is 5.20. The molecular formula is C8H12O3. The van der Waals surface area contributed by atoms with Gasteiger partial charge in [-0.25, -0.2) is 0 Å². The Morgan fingerprint density at radius 1 is 1.73 bits per heavy atom. The van der Waals surface area contributed by atoms with Crippen molar-refractivity contribution in [3.63, 3.8) is 0 Å². The van der Waals surface area contributed by atoms with Crippen molar-refractivity contribution in [1.82, 2.24) is 0 Å². The molecule has 0 aliphatic carbocycles. The van der Waals surface area contributed by atoms with Gasteiger partial charge in [-0.1, -0.05) is 6.58 Å². The van der Waals surface area contributed by atoms with Gasteiger partial charge in [0.05, 0.1) is 12.5 Å². The van der Waals surface area contributed by atoms with Gasteiger partial charge in [-0.05, 0) is 18.4 Å². The molecule has 0 radical (unpaired) electrons. The zero-order valence-electron chi connectivity index (χ0n) is 6.38. The minimum absolute atomic E-state index is 0.00824. The third kappa shape index (κ3) is 2.35. The Morgan fingerprint density at radius 2 is 2.45 bits per heavy atom. The maximum absolute atomic E-state index is 10.3. The van der Waals surface area contributed by atoms with Crippen molar-refractivity contribution < 1.29 is 14.6 Å². The monoisotopic (exact) mass is 156 g/mol. The smallest absolute Gasteiger partial charge is 0.307 e. The zero-order valence-corrected chi connectivity index (χ0v) is 6.38. The molecule has 0 aromatic rings. The largest absolute Gasteiger partial charge is 0.481 e. The van der Waals surface area contributed by atoms with Crippen LogP contribution in [0, 0.1) is 0 Å². The summed E-state index contributed by atoms with van der Waals surface area (Å²) in [4.78, 5) is 10.3. The molecule has 1 atom stereocenters. The normalized spacial score (nSPS) is 23.5. The van der Waals surface area contributed by atoms with Crippen molar-refractivity contribution in [2.75, 3.05) is 6.61 Å². The summed E-state index contributed by atoms with van der Waals surface area (Å²) in [6.45, 7) is 4.41. The molecular weight excluding hydrogens is 144 g/mol. The molecule has 0 saturated carbocycles. The first-order valence-corrected chi connectivity index (χ1v) is 3.71. The summed E-state index contributed by atoms with van der Waals surface area (Å²) in [7, 11) is 0. The topological polar surface area (TPSA) is 46.5 Å². The summed E-state index contributed by atoms with van der Waals surface area (Å²) in [6.07, 6.45) is 1.96. The molecule has 1 heterocycles. The fraction of sp³-hybridized carbons (Fsp3) is 0.625. The third-order valence-corrected chi connectivity index (χ3v) is 1.76. The van der Waals surface area contributed by atoms with E-state index in [4.69, 9.17) is 9.84 Å². The number of carbonyl (C=O) groups is 1. The number of carboxylic acids is 1. The summed E-state index contributed by atoms with van der Waals surface area (Å²) < 4.78 is 5.25. The highest BCUT2D eigenvalue weighted by atomic mass is 16.5. The lowest BCUT2D eigenvalue weighted by atomic mass is 10.1. The van der Waals surface area contributed by atoms with Crippen molar-refractivity contribution in [2.24, 2.45) is 0 Å². The Hall–Kier alpha value is -0.830. The summed E-state index contributed by atoms with van der Waals surface area (Å²) in [5, 5.41) is 8.43. The highest BCUT2D eigenvalue weighted by Crippen LogP contribution is 2.20. The molecule has 1 N–H and O–H groups in total. The van der Waals surface area contributed by atoms with Crippen LogP contribution in [0.3, 0.4) is 0 Å². The van der Waals surface area contributed by atoms with Gasteiger partial charge in [0.15, 0.2) is 0 Å². The first-order valence-electron chi connectivity index (χ1n) is 3.71. The van der Waals surface area contributed by atoms with Crippen LogP contribution in [0.5, 0.6) is 0 Å². The highest BCUT2D eigenvalue weighted by molar-refractivity contribution is 5.70. The molecule has 0 spiro atoms. The summed E-state index contributed by atoms with van der Waals surface area (Å²) in [6, 6.07) is 0. The molecule has 1 rings (SSSR count). The first kappa shape index (κ1) is 8.27. The average molecular weight is 156 g/mol. The number of hydrogen-bond donors (Lipinski definition) is 1. The summed E-state index contributed by atoms with van der Waals surface area (Å²) in [5.41, 5.74) is 0.690. The van der Waals surface area contributed by atoms with Crippen LogP contribution in [0.25, 0.3) is 0 Å². The second-order valence-corrected chi connectivity index (χ2v) is 2.73. The van der Waals surface area contributed by atoms with E-state index < -0.39 is 5.97 Å². The SMILES string of the molecule is C=C(CC(=O)O)C1CCCO1. The van der Waals surface area contributed by atoms with E-state index in [1.54, 1.807) is 0 Å². The van der Waals surface area contributed by atoms with E-state index in [1.807, 2.05) is 0 Å². The minimum atomic E-state index is -0.828. The number of hydrogen-bond acceptors (Lipinski definition) is 2. The maximum atomic E-state index is 10.3. The van der Waals surface area contributed by atoms with Crippen LogP contribution in [0.2, 0.25) is 0 Å². The van der Waals surface area contributed by atoms with Gasteiger partial charge in [0, 0.05) is 6.61 Å². The number of aliphatic carboxylic acids is 1. The van der Waals surface area contributed by atoms with E-state index in [2.05, 4.69) is 6.58 Å². The molecule has 11 heavy (non-hydrogen) atoms. The lowest BCUT2D eigenvalue weighted by molar-refractivity contribution is -0.136. The molecule has 1 aliphatic rings. The van der Waals surface area contributed by atoms with Crippen LogP contribution < -0.4 is 0 Å². The fourth-order valence-corrected chi connectivity index (χ4v) is 1.21. The van der Waals surface area contributed by atoms with Crippen LogP contribution in [0.4, 0.5) is 0 Å². The number of ether oxygens (including phenoxy) is 1. The average Bonchev–Trinajstić information content (AvgIpc) is 2.35. The van der Waals surface area contributed by atoms with Gasteiger partial charge in [-0.15, -0.1) is 0 Å². The van der Waals surface area contributed by atoms with Crippen LogP contribution in [-0.2, 0) is 9.53 Å². The van der Waals surface area contributed by atoms with Gasteiger partial charge < -0.3 is 9.84 Å². The Kier molecular flexibility index (Phi) is 2.65. The van der Waals surface area contributed by atoms with Gasteiger partial charge in [-0.2, -0.15) is 0 Å². The molecule has 1 fully saturated rings. The predicted octanol–water partition coefficient (Wildman–Crippen LogP) is 1.20. The van der Waals surface area contributed by atoms with Crippen LogP contribution in [-0.4, -0.2) is 23.8 Å². The molecule has 1 unspecified atom stereocenters. The number of carboxylic acid groups (broad SMARTS) is 1. The Balaban J connectivity index is 2.34. The van der Waals surface area contributed by atoms with Crippen molar-refractivity contribution >= 4 is 5.97 Å². The van der Waals surface area contributed by atoms with E-state index in [1.165, 1.54) is 0 Å². The Bertz CT molecular complexity index is 168. The van der Waals surface area contributed by atoms with Gasteiger partial charge in [0.1, 0.15) is 0 Å². The van der Waals surface area contributed by atoms with E-state index in [0.29, 0.717) is 5.57 Å². The van der Waals surface area contributed by atoms with Crippen molar-refractivity contribution in [1.29, 1.82) is 0 Å². The lowest BCUT2D eigenvalue weighted by Gasteiger charge is -2.09. The zero-order chi connectivity index (χ0) is 8.27. The van der Waals surface area contributed by atoms with Crippen molar-refractivity contribution in [2.45, 2.75) is 25.4 Å². The summed E-state index contributed by atoms with van der Waals surface area (Å²) >= 11 is 0. The van der Waals surface area contributed by atoms with Gasteiger partial charge in [0.25, 0.3) is 0 Å². The van der Waals surface area contributed by atoms with Gasteiger partial charge in [0.2, 0.25) is 0 Å². The second-order valence-electron chi connectivity index (χ2n) is 2.73. The van der Waals surface area contributed by atoms with Crippen LogP contribution >= 0.6 is 0 Å². The molecule has 0 amide bonds. The molecule has 3 heteroatoms. The molecule has 3 nitrogen and oxygen atoms in total. The summed E-state index contributed by atoms with van der Waals surface area (Å²) in [5.74, 6) is -0.828. The van der Waals surface area contributed by atoms with Gasteiger partial charge >= 0.3 is 5.97 Å². The maximum Gasteiger partial charge on any atom is 0.307 e. The predicted molar refractivity (Wildman–Crippen MR) is 40.4 cm³/mol. The van der Waals surface area contributed by atoms with E-state index in [-0.39, 0.29) is 12.5 Å². The highest BCUT2D eigenvalue weighted by Gasteiger charge is 2.19. The third-order valence-electron chi connectivity index (χ3n) is 1.76. The number of rotatable bonds is 3. The molecule has 1 aliphatic heterocycles.